The van der Waals surface area contributed by atoms with Crippen molar-refractivity contribution >= 4 is 17.6 Å². The average Bonchev–Trinajstić information content (AvgIpc) is 3.14. The summed E-state index contributed by atoms with van der Waals surface area (Å²) in [5, 5.41) is 8.50. The maximum absolute atomic E-state index is 13.4. The molecule has 1 N–H and O–H groups in total. The van der Waals surface area contributed by atoms with Gasteiger partial charge in [-0.05, 0) is 23.2 Å². The van der Waals surface area contributed by atoms with Crippen LogP contribution in [0.25, 0.3) is 11.3 Å². The Morgan fingerprint density at radius 1 is 1.17 bits per heavy atom. The third kappa shape index (κ3) is 4.14. The summed E-state index contributed by atoms with van der Waals surface area (Å²) in [6.07, 6.45) is -0.592. The highest BCUT2D eigenvalue weighted by molar-refractivity contribution is 7.03. The van der Waals surface area contributed by atoms with E-state index < -0.39 is 11.9 Å². The number of hydrogen-bond acceptors (Lipinski definition) is 5. The highest BCUT2D eigenvalue weighted by Gasteiger charge is 2.06. The monoisotopic (exact) mass is 343 g/mol. The number of hydrogen-bond donors (Lipinski definition) is 1. The number of nitrogens with one attached hydrogen (secondary N) is 1. The molecular formula is C17H14FN3O2S. The number of ether oxygens (including phenoxy) is 1. The molecule has 7 heteroatoms. The van der Waals surface area contributed by atoms with E-state index in [4.69, 9.17) is 4.74 Å². The molecule has 0 atom stereocenters. The Labute approximate surface area is 142 Å². The zero-order valence-corrected chi connectivity index (χ0v) is 13.4. The first-order valence-corrected chi connectivity index (χ1v) is 8.06. The summed E-state index contributed by atoms with van der Waals surface area (Å²) in [5.74, 6) is -0.391. The molecule has 0 aliphatic rings. The van der Waals surface area contributed by atoms with Crippen LogP contribution >= 0.6 is 11.5 Å². The van der Waals surface area contributed by atoms with E-state index in [1.807, 2.05) is 29.6 Å². The zero-order chi connectivity index (χ0) is 16.8. The van der Waals surface area contributed by atoms with E-state index >= 15 is 0 Å². The standard InChI is InChI=1S/C17H14FN3O2S/c18-15-4-2-1-3-14(15)10-23-17(22)19-9-12-5-7-13(8-6-12)16-11-24-21-20-16/h1-8,11H,9-10H2,(H,19,22). The van der Waals surface area contributed by atoms with E-state index in [0.29, 0.717) is 12.1 Å². The highest BCUT2D eigenvalue weighted by atomic mass is 32.1. The van der Waals surface area contributed by atoms with Crippen molar-refractivity contribution in [2.45, 2.75) is 13.2 Å². The molecular weight excluding hydrogens is 329 g/mol. The van der Waals surface area contributed by atoms with Gasteiger partial charge in [0.1, 0.15) is 18.1 Å². The third-order valence-corrected chi connectivity index (χ3v) is 3.87. The lowest BCUT2D eigenvalue weighted by Crippen LogP contribution is -2.23. The summed E-state index contributed by atoms with van der Waals surface area (Å²) in [6, 6.07) is 13.8. The number of carbonyl (C=O) groups excluding carboxylic acids is 1. The van der Waals surface area contributed by atoms with Gasteiger partial charge in [0.05, 0.1) is 0 Å². The molecule has 3 aromatic rings. The maximum Gasteiger partial charge on any atom is 0.407 e. The number of amides is 1. The molecule has 122 valence electrons. The largest absolute Gasteiger partial charge is 0.445 e. The average molecular weight is 343 g/mol. The molecule has 0 aliphatic heterocycles. The van der Waals surface area contributed by atoms with Crippen LogP contribution in [0.3, 0.4) is 0 Å². The minimum atomic E-state index is -0.592. The van der Waals surface area contributed by atoms with Gasteiger partial charge in [0.15, 0.2) is 0 Å². The van der Waals surface area contributed by atoms with Crippen molar-refractivity contribution < 1.29 is 13.9 Å². The van der Waals surface area contributed by atoms with Crippen molar-refractivity contribution in [1.82, 2.24) is 14.9 Å². The molecule has 0 spiro atoms. The summed E-state index contributed by atoms with van der Waals surface area (Å²) >= 11 is 1.30. The molecule has 1 aromatic heterocycles. The van der Waals surface area contributed by atoms with Crippen LogP contribution in [0.1, 0.15) is 11.1 Å². The van der Waals surface area contributed by atoms with Crippen LogP contribution in [-0.4, -0.2) is 15.7 Å². The van der Waals surface area contributed by atoms with Crippen LogP contribution < -0.4 is 5.32 Å². The van der Waals surface area contributed by atoms with Gasteiger partial charge in [-0.25, -0.2) is 9.18 Å². The molecule has 0 fully saturated rings. The maximum atomic E-state index is 13.4. The van der Waals surface area contributed by atoms with Gasteiger partial charge in [0.25, 0.3) is 0 Å². The number of carbonyl (C=O) groups is 1. The van der Waals surface area contributed by atoms with E-state index in [-0.39, 0.29) is 6.61 Å². The molecule has 0 aliphatic carbocycles. The molecule has 0 saturated carbocycles. The van der Waals surface area contributed by atoms with Crippen molar-refractivity contribution in [2.24, 2.45) is 0 Å². The van der Waals surface area contributed by atoms with Gasteiger partial charge in [-0.15, -0.1) is 5.10 Å². The van der Waals surface area contributed by atoms with Crippen LogP contribution in [-0.2, 0) is 17.9 Å². The van der Waals surface area contributed by atoms with Crippen LogP contribution in [0.5, 0.6) is 0 Å². The third-order valence-electron chi connectivity index (χ3n) is 3.36. The molecule has 0 saturated heterocycles. The van der Waals surface area contributed by atoms with Gasteiger partial charge in [-0.3, -0.25) is 0 Å². The second-order valence-corrected chi connectivity index (χ2v) is 5.62. The van der Waals surface area contributed by atoms with Gasteiger partial charge in [-0.1, -0.05) is 47.0 Å². The second kappa shape index (κ2) is 7.65. The lowest BCUT2D eigenvalue weighted by atomic mass is 10.1. The van der Waals surface area contributed by atoms with Crippen molar-refractivity contribution in [1.29, 1.82) is 0 Å². The van der Waals surface area contributed by atoms with E-state index in [1.165, 1.54) is 17.6 Å². The first kappa shape index (κ1) is 16.1. The van der Waals surface area contributed by atoms with Crippen LogP contribution in [0.2, 0.25) is 0 Å². The number of nitrogens with zero attached hydrogens (tertiary/aromatic N) is 2. The Balaban J connectivity index is 1.48. The first-order chi connectivity index (χ1) is 11.7. The van der Waals surface area contributed by atoms with E-state index in [1.54, 1.807) is 18.2 Å². The van der Waals surface area contributed by atoms with Gasteiger partial charge in [-0.2, -0.15) is 0 Å². The minimum Gasteiger partial charge on any atom is -0.445 e. The number of rotatable bonds is 5. The van der Waals surface area contributed by atoms with Gasteiger partial charge in [0, 0.05) is 23.1 Å². The SMILES string of the molecule is O=C(NCc1ccc(-c2csnn2)cc1)OCc1ccccc1F. The molecule has 3 rings (SSSR count). The second-order valence-electron chi connectivity index (χ2n) is 5.01. The summed E-state index contributed by atoms with van der Waals surface area (Å²) in [7, 11) is 0. The summed E-state index contributed by atoms with van der Waals surface area (Å²) in [6.45, 7) is 0.222. The van der Waals surface area contributed by atoms with Crippen molar-refractivity contribution in [2.75, 3.05) is 0 Å². The van der Waals surface area contributed by atoms with E-state index in [2.05, 4.69) is 14.9 Å². The topological polar surface area (TPSA) is 64.1 Å². The molecule has 0 radical (unpaired) electrons. The van der Waals surface area contributed by atoms with Crippen molar-refractivity contribution in [3.05, 3.63) is 70.9 Å². The molecule has 1 amide bonds. The van der Waals surface area contributed by atoms with Crippen LogP contribution in [0.15, 0.2) is 53.9 Å². The number of halogens is 1. The predicted octanol–water partition coefficient (Wildman–Crippen LogP) is 3.77. The fourth-order valence-corrected chi connectivity index (χ4v) is 2.53. The van der Waals surface area contributed by atoms with E-state index in [0.717, 1.165) is 16.8 Å². The number of benzene rings is 2. The Morgan fingerprint density at radius 2 is 1.96 bits per heavy atom. The Bertz CT molecular complexity index is 807. The predicted molar refractivity (Wildman–Crippen MR) is 88.8 cm³/mol. The van der Waals surface area contributed by atoms with Gasteiger partial charge in [0.2, 0.25) is 0 Å². The quantitative estimate of drug-likeness (QED) is 0.766. The van der Waals surface area contributed by atoms with E-state index in [9.17, 15) is 9.18 Å². The normalized spacial score (nSPS) is 10.4. The Kier molecular flexibility index (Phi) is 5.12. The Morgan fingerprint density at radius 3 is 2.67 bits per heavy atom. The van der Waals surface area contributed by atoms with Crippen molar-refractivity contribution in [3.8, 4) is 11.3 Å². The zero-order valence-electron chi connectivity index (χ0n) is 12.6. The summed E-state index contributed by atoms with van der Waals surface area (Å²) in [4.78, 5) is 11.7. The molecule has 0 unspecified atom stereocenters. The van der Waals surface area contributed by atoms with Crippen LogP contribution in [0, 0.1) is 5.82 Å². The molecule has 2 aromatic carbocycles. The fourth-order valence-electron chi connectivity index (χ4n) is 2.07. The first-order valence-electron chi connectivity index (χ1n) is 7.23. The highest BCUT2D eigenvalue weighted by Crippen LogP contribution is 2.18. The summed E-state index contributed by atoms with van der Waals surface area (Å²) in [5.41, 5.74) is 3.05. The van der Waals surface area contributed by atoms with Gasteiger partial charge >= 0.3 is 6.09 Å². The number of alkyl carbamates (subject to hydrolysis) is 1. The molecule has 24 heavy (non-hydrogen) atoms. The molecule has 0 bridgehead atoms. The van der Waals surface area contributed by atoms with Crippen LogP contribution in [0.4, 0.5) is 9.18 Å². The Hall–Kier alpha value is -2.80. The number of aromatic nitrogens is 2. The molecule has 5 nitrogen and oxygen atoms in total. The summed E-state index contributed by atoms with van der Waals surface area (Å²) < 4.78 is 22.3. The minimum absolute atomic E-state index is 0.103. The fraction of sp³-hybridized carbons (Fsp3) is 0.118. The lowest BCUT2D eigenvalue weighted by Gasteiger charge is -2.08. The molecule has 1 heterocycles. The van der Waals surface area contributed by atoms with Crippen molar-refractivity contribution in [3.63, 3.8) is 0 Å². The smallest absolute Gasteiger partial charge is 0.407 e. The lowest BCUT2D eigenvalue weighted by molar-refractivity contribution is 0.138. The van der Waals surface area contributed by atoms with Gasteiger partial charge < -0.3 is 10.1 Å².